The van der Waals surface area contributed by atoms with Gasteiger partial charge in [-0.2, -0.15) is 0 Å². The van der Waals surface area contributed by atoms with Gasteiger partial charge in [0.05, 0.1) is 26.4 Å². The predicted molar refractivity (Wildman–Crippen MR) is 124 cm³/mol. The van der Waals surface area contributed by atoms with Crippen molar-refractivity contribution in [1.82, 2.24) is 4.90 Å². The fourth-order valence-electron chi connectivity index (χ4n) is 3.44. The molecule has 0 aromatic heterocycles. The molecule has 1 aliphatic rings. The first kappa shape index (κ1) is 23.2. The van der Waals surface area contributed by atoms with Gasteiger partial charge in [-0.3, -0.25) is 14.5 Å². The van der Waals surface area contributed by atoms with Crippen molar-refractivity contribution in [3.05, 3.63) is 53.7 Å². The van der Waals surface area contributed by atoms with Crippen molar-refractivity contribution in [2.24, 2.45) is 5.92 Å². The van der Waals surface area contributed by atoms with Gasteiger partial charge in [0, 0.05) is 17.8 Å². The van der Waals surface area contributed by atoms with Crippen molar-refractivity contribution in [3.8, 4) is 17.2 Å². The number of methoxy groups -OCH3 is 2. The smallest absolute Gasteiger partial charge is 0.278 e. The van der Waals surface area contributed by atoms with Crippen molar-refractivity contribution in [3.63, 3.8) is 0 Å². The van der Waals surface area contributed by atoms with Gasteiger partial charge in [-0.1, -0.05) is 26.0 Å². The van der Waals surface area contributed by atoms with Crippen molar-refractivity contribution >= 4 is 23.1 Å². The van der Waals surface area contributed by atoms with Gasteiger partial charge in [0.25, 0.3) is 11.8 Å². The molecule has 0 saturated heterocycles. The summed E-state index contributed by atoms with van der Waals surface area (Å²) in [5.74, 6) is 1.52. The summed E-state index contributed by atoms with van der Waals surface area (Å²) in [7, 11) is 3.10. The standard InChI is InChI=1S/C25H30N2O5/c1-15(2)14-32-19-10-7-17(8-11-19)22-23(25(29)27(16(3)4)24(22)28)26-18-9-12-20(30-5)21(13-18)31-6/h7-13,15-16,26H,14H2,1-6H3. The summed E-state index contributed by atoms with van der Waals surface area (Å²) in [4.78, 5) is 27.7. The van der Waals surface area contributed by atoms with E-state index in [4.69, 9.17) is 14.2 Å². The van der Waals surface area contributed by atoms with Crippen LogP contribution in [0.5, 0.6) is 17.2 Å². The van der Waals surface area contributed by atoms with Crippen LogP contribution in [0.15, 0.2) is 48.2 Å². The molecule has 0 radical (unpaired) electrons. The van der Waals surface area contributed by atoms with Gasteiger partial charge in [0.2, 0.25) is 0 Å². The van der Waals surface area contributed by atoms with E-state index in [2.05, 4.69) is 19.2 Å². The number of amides is 2. The van der Waals surface area contributed by atoms with E-state index in [1.165, 1.54) is 4.90 Å². The molecule has 7 heteroatoms. The molecule has 0 bridgehead atoms. The summed E-state index contributed by atoms with van der Waals surface area (Å²) in [6.45, 7) is 8.39. The third-order valence-corrected chi connectivity index (χ3v) is 5.01. The van der Waals surface area contributed by atoms with Crippen LogP contribution in [0.3, 0.4) is 0 Å². The lowest BCUT2D eigenvalue weighted by atomic mass is 10.0. The van der Waals surface area contributed by atoms with Gasteiger partial charge in [-0.25, -0.2) is 0 Å². The topological polar surface area (TPSA) is 77.1 Å². The minimum absolute atomic E-state index is 0.228. The molecule has 0 fully saturated rings. The number of ether oxygens (including phenoxy) is 3. The maximum absolute atomic E-state index is 13.2. The molecule has 3 rings (SSSR count). The summed E-state index contributed by atoms with van der Waals surface area (Å²) in [6, 6.07) is 12.2. The van der Waals surface area contributed by atoms with E-state index < -0.39 is 0 Å². The fraction of sp³-hybridized carbons (Fsp3) is 0.360. The zero-order valence-electron chi connectivity index (χ0n) is 19.4. The quantitative estimate of drug-likeness (QED) is 0.587. The molecule has 170 valence electrons. The number of hydrogen-bond donors (Lipinski definition) is 1. The molecule has 1 heterocycles. The number of hydrogen-bond acceptors (Lipinski definition) is 6. The molecule has 0 aliphatic carbocycles. The van der Waals surface area contributed by atoms with Crippen LogP contribution >= 0.6 is 0 Å². The lowest BCUT2D eigenvalue weighted by Gasteiger charge is -2.19. The summed E-state index contributed by atoms with van der Waals surface area (Å²) in [5.41, 5.74) is 1.81. The zero-order valence-corrected chi connectivity index (χ0v) is 19.4. The summed E-state index contributed by atoms with van der Waals surface area (Å²) in [6.07, 6.45) is 0. The molecule has 2 aromatic carbocycles. The number of nitrogens with zero attached hydrogens (tertiary/aromatic N) is 1. The van der Waals surface area contributed by atoms with Crippen LogP contribution in [0.4, 0.5) is 5.69 Å². The average molecular weight is 439 g/mol. The Hall–Kier alpha value is -3.48. The van der Waals surface area contributed by atoms with Gasteiger partial charge in [0.15, 0.2) is 11.5 Å². The Morgan fingerprint density at radius 2 is 1.53 bits per heavy atom. The first-order chi connectivity index (χ1) is 15.3. The number of anilines is 1. The van der Waals surface area contributed by atoms with Gasteiger partial charge in [0.1, 0.15) is 11.4 Å². The second kappa shape index (κ2) is 9.77. The van der Waals surface area contributed by atoms with Crippen molar-refractivity contribution in [1.29, 1.82) is 0 Å². The minimum atomic E-state index is -0.366. The molecule has 1 aliphatic heterocycles. The third kappa shape index (κ3) is 4.72. The zero-order chi connectivity index (χ0) is 23.4. The summed E-state index contributed by atoms with van der Waals surface area (Å²) in [5, 5.41) is 3.14. The highest BCUT2D eigenvalue weighted by Crippen LogP contribution is 2.35. The average Bonchev–Trinajstić information content (AvgIpc) is 3.01. The highest BCUT2D eigenvalue weighted by Gasteiger charge is 2.40. The first-order valence-corrected chi connectivity index (χ1v) is 10.6. The molecule has 2 amide bonds. The molecule has 32 heavy (non-hydrogen) atoms. The number of rotatable bonds is 9. The second-order valence-electron chi connectivity index (χ2n) is 8.25. The van der Waals surface area contributed by atoms with Gasteiger partial charge in [-0.15, -0.1) is 0 Å². The number of benzene rings is 2. The van der Waals surface area contributed by atoms with E-state index in [1.54, 1.807) is 44.6 Å². The molecule has 7 nitrogen and oxygen atoms in total. The van der Waals surface area contributed by atoms with Crippen LogP contribution in [0, 0.1) is 5.92 Å². The maximum atomic E-state index is 13.2. The van der Waals surface area contributed by atoms with Crippen LogP contribution in [0.25, 0.3) is 5.57 Å². The second-order valence-corrected chi connectivity index (χ2v) is 8.25. The molecule has 0 saturated carbocycles. The van der Waals surface area contributed by atoms with Crippen molar-refractivity contribution < 1.29 is 23.8 Å². The monoisotopic (exact) mass is 438 g/mol. The fourth-order valence-corrected chi connectivity index (χ4v) is 3.44. The molecule has 1 N–H and O–H groups in total. The highest BCUT2D eigenvalue weighted by atomic mass is 16.5. The normalized spacial score (nSPS) is 13.9. The van der Waals surface area contributed by atoms with Crippen LogP contribution in [0.1, 0.15) is 33.3 Å². The number of carbonyl (C=O) groups excluding carboxylic acids is 2. The molecular formula is C25H30N2O5. The van der Waals surface area contributed by atoms with Gasteiger partial charge in [-0.05, 0) is 49.6 Å². The molecule has 0 atom stereocenters. The molecular weight excluding hydrogens is 408 g/mol. The Kier molecular flexibility index (Phi) is 7.08. The van der Waals surface area contributed by atoms with E-state index in [9.17, 15) is 9.59 Å². The Labute approximate surface area is 189 Å². The van der Waals surface area contributed by atoms with Gasteiger partial charge < -0.3 is 19.5 Å². The summed E-state index contributed by atoms with van der Waals surface area (Å²) < 4.78 is 16.4. The van der Waals surface area contributed by atoms with Crippen molar-refractivity contribution in [2.45, 2.75) is 33.7 Å². The van der Waals surface area contributed by atoms with Crippen LogP contribution in [0.2, 0.25) is 0 Å². The largest absolute Gasteiger partial charge is 0.493 e. The van der Waals surface area contributed by atoms with E-state index in [0.29, 0.717) is 40.8 Å². The lowest BCUT2D eigenvalue weighted by molar-refractivity contribution is -0.138. The SMILES string of the molecule is COc1ccc(NC2=C(c3ccc(OCC(C)C)cc3)C(=O)N(C(C)C)C2=O)cc1OC. The molecule has 2 aromatic rings. The molecule has 0 spiro atoms. The van der Waals surface area contributed by atoms with Crippen molar-refractivity contribution in [2.75, 3.05) is 26.1 Å². The maximum Gasteiger partial charge on any atom is 0.278 e. The predicted octanol–water partition coefficient (Wildman–Crippen LogP) is 4.34. The first-order valence-electron chi connectivity index (χ1n) is 10.6. The number of imide groups is 1. The molecule has 0 unspecified atom stereocenters. The third-order valence-electron chi connectivity index (χ3n) is 5.01. The van der Waals surface area contributed by atoms with Crippen LogP contribution < -0.4 is 19.5 Å². The van der Waals surface area contributed by atoms with Crippen LogP contribution in [-0.4, -0.2) is 43.6 Å². The lowest BCUT2D eigenvalue weighted by Crippen LogP contribution is -2.38. The van der Waals surface area contributed by atoms with Gasteiger partial charge >= 0.3 is 0 Å². The Morgan fingerprint density at radius 1 is 0.875 bits per heavy atom. The number of carbonyl (C=O) groups is 2. The van der Waals surface area contributed by atoms with E-state index in [0.717, 1.165) is 5.75 Å². The Balaban J connectivity index is 2.00. The van der Waals surface area contributed by atoms with Crippen LogP contribution in [-0.2, 0) is 9.59 Å². The number of nitrogens with one attached hydrogen (secondary N) is 1. The Bertz CT molecular complexity index is 1030. The van der Waals surface area contributed by atoms with E-state index in [1.807, 2.05) is 26.0 Å². The summed E-state index contributed by atoms with van der Waals surface area (Å²) >= 11 is 0. The van der Waals surface area contributed by atoms with E-state index >= 15 is 0 Å². The van der Waals surface area contributed by atoms with E-state index in [-0.39, 0.29) is 23.6 Å². The minimum Gasteiger partial charge on any atom is -0.493 e. The highest BCUT2D eigenvalue weighted by molar-refractivity contribution is 6.36. The Morgan fingerprint density at radius 3 is 2.09 bits per heavy atom.